The van der Waals surface area contributed by atoms with E-state index in [1.165, 1.54) is 0 Å². The van der Waals surface area contributed by atoms with Crippen molar-refractivity contribution >= 4 is 22.9 Å². The van der Waals surface area contributed by atoms with E-state index >= 15 is 0 Å². The third-order valence-corrected chi connectivity index (χ3v) is 3.49. The van der Waals surface area contributed by atoms with Crippen molar-refractivity contribution in [3.8, 4) is 0 Å². The maximum absolute atomic E-state index is 11.9. The molecule has 0 fully saturated rings. The van der Waals surface area contributed by atoms with E-state index in [2.05, 4.69) is 30.8 Å². The van der Waals surface area contributed by atoms with Crippen LogP contribution in [0.4, 0.5) is 5.95 Å². The maximum Gasteiger partial charge on any atom is 0.240 e. The predicted octanol–water partition coefficient (Wildman–Crippen LogP) is 0.945. The molecule has 0 saturated carbocycles. The van der Waals surface area contributed by atoms with Gasteiger partial charge in [0.2, 0.25) is 11.9 Å². The summed E-state index contributed by atoms with van der Waals surface area (Å²) in [4.78, 5) is 19.3. The van der Waals surface area contributed by atoms with E-state index in [-0.39, 0.29) is 12.5 Å². The monoisotopic (exact) mass is 313 g/mol. The lowest BCUT2D eigenvalue weighted by Gasteiger charge is -2.05. The number of imidazole rings is 1. The van der Waals surface area contributed by atoms with Crippen LogP contribution in [-0.2, 0) is 17.8 Å². The molecular weight excluding hydrogens is 294 g/mol. The minimum absolute atomic E-state index is 0.138. The quantitative estimate of drug-likeness (QED) is 0.564. The van der Waals surface area contributed by atoms with Crippen molar-refractivity contribution in [1.82, 2.24) is 30.0 Å². The van der Waals surface area contributed by atoms with Crippen LogP contribution in [0.25, 0.3) is 11.0 Å². The summed E-state index contributed by atoms with van der Waals surface area (Å²) in [6.45, 7) is 3.76. The van der Waals surface area contributed by atoms with Gasteiger partial charge in [0.15, 0.2) is 0 Å². The molecule has 3 N–H and O–H groups in total. The average molecular weight is 313 g/mol. The van der Waals surface area contributed by atoms with Gasteiger partial charge in [-0.3, -0.25) is 10.1 Å². The number of carbonyl (C=O) groups is 1. The van der Waals surface area contributed by atoms with E-state index in [9.17, 15) is 4.79 Å². The Kier molecular flexibility index (Phi) is 4.62. The van der Waals surface area contributed by atoms with E-state index in [1.807, 2.05) is 35.8 Å². The van der Waals surface area contributed by atoms with Crippen LogP contribution in [-0.4, -0.2) is 43.7 Å². The zero-order valence-corrected chi connectivity index (χ0v) is 12.9. The van der Waals surface area contributed by atoms with Crippen molar-refractivity contribution < 1.29 is 4.79 Å². The number of amides is 1. The van der Waals surface area contributed by atoms with E-state index in [4.69, 9.17) is 0 Å². The van der Waals surface area contributed by atoms with E-state index in [0.717, 1.165) is 29.8 Å². The highest BCUT2D eigenvalue weighted by Gasteiger charge is 2.07. The second-order valence-electron chi connectivity index (χ2n) is 5.11. The molecule has 0 spiro atoms. The Labute approximate surface area is 133 Å². The first kappa shape index (κ1) is 15.2. The fourth-order valence-corrected chi connectivity index (χ4v) is 2.33. The largest absolute Gasteiger partial charge is 0.324 e. The summed E-state index contributed by atoms with van der Waals surface area (Å²) in [5, 5.41) is 13.8. The van der Waals surface area contributed by atoms with Crippen molar-refractivity contribution in [1.29, 1.82) is 0 Å². The number of hydrogen-bond donors (Lipinski definition) is 3. The standard InChI is InChI=1S/C15H19N7O/c1-2-22-10-17-21-13(22)7-8-16-9-14(23)20-15-18-11-5-3-4-6-12(11)19-15/h3-6,10,16H,2,7-9H2,1H3,(H2,18,19,20,23). The minimum atomic E-state index is -0.138. The molecule has 1 aromatic carbocycles. The van der Waals surface area contributed by atoms with Gasteiger partial charge in [-0.1, -0.05) is 12.1 Å². The van der Waals surface area contributed by atoms with Gasteiger partial charge in [0.1, 0.15) is 12.2 Å². The molecule has 2 aromatic heterocycles. The molecule has 0 atom stereocenters. The Balaban J connectivity index is 1.44. The summed E-state index contributed by atoms with van der Waals surface area (Å²) in [5.74, 6) is 1.24. The van der Waals surface area contributed by atoms with E-state index < -0.39 is 0 Å². The number of aromatic amines is 1. The summed E-state index contributed by atoms with van der Waals surface area (Å²) in [7, 11) is 0. The van der Waals surface area contributed by atoms with Gasteiger partial charge in [-0.25, -0.2) is 4.98 Å². The van der Waals surface area contributed by atoms with Crippen LogP contribution in [0.1, 0.15) is 12.7 Å². The van der Waals surface area contributed by atoms with Crippen LogP contribution in [0, 0.1) is 0 Å². The molecule has 23 heavy (non-hydrogen) atoms. The second-order valence-corrected chi connectivity index (χ2v) is 5.11. The number of nitrogens with zero attached hydrogens (tertiary/aromatic N) is 4. The SMILES string of the molecule is CCn1cnnc1CCNCC(=O)Nc1nc2ccccc2[nH]1. The number of fused-ring (bicyclic) bond motifs is 1. The van der Waals surface area contributed by atoms with Crippen molar-refractivity contribution in [3.63, 3.8) is 0 Å². The molecule has 8 heteroatoms. The molecule has 8 nitrogen and oxygen atoms in total. The number of anilines is 1. The summed E-state index contributed by atoms with van der Waals surface area (Å²) >= 11 is 0. The summed E-state index contributed by atoms with van der Waals surface area (Å²) < 4.78 is 1.98. The Morgan fingerprint density at radius 1 is 1.35 bits per heavy atom. The van der Waals surface area contributed by atoms with Gasteiger partial charge in [-0.05, 0) is 19.1 Å². The maximum atomic E-state index is 11.9. The zero-order chi connectivity index (χ0) is 16.1. The molecule has 120 valence electrons. The Morgan fingerprint density at radius 3 is 3.04 bits per heavy atom. The third-order valence-electron chi connectivity index (χ3n) is 3.49. The van der Waals surface area contributed by atoms with Gasteiger partial charge >= 0.3 is 0 Å². The molecule has 1 amide bonds. The first-order chi connectivity index (χ1) is 11.3. The van der Waals surface area contributed by atoms with Crippen molar-refractivity contribution in [2.45, 2.75) is 19.9 Å². The third kappa shape index (κ3) is 3.72. The molecule has 0 aliphatic rings. The number of hydrogen-bond acceptors (Lipinski definition) is 5. The van der Waals surface area contributed by atoms with E-state index in [1.54, 1.807) is 6.33 Å². The molecule has 0 bridgehead atoms. The molecule has 0 unspecified atom stereocenters. The van der Waals surface area contributed by atoms with Gasteiger partial charge in [-0.2, -0.15) is 0 Å². The number of aromatic nitrogens is 5. The molecule has 0 aliphatic heterocycles. The topological polar surface area (TPSA) is 101 Å². The average Bonchev–Trinajstić information content (AvgIpc) is 3.16. The fourth-order valence-electron chi connectivity index (χ4n) is 2.33. The highest BCUT2D eigenvalue weighted by atomic mass is 16.2. The Bertz CT molecular complexity index is 759. The molecular formula is C15H19N7O. The zero-order valence-electron chi connectivity index (χ0n) is 12.9. The molecule has 0 radical (unpaired) electrons. The van der Waals surface area contributed by atoms with Crippen molar-refractivity contribution in [2.75, 3.05) is 18.4 Å². The van der Waals surface area contributed by atoms with Gasteiger partial charge < -0.3 is 14.9 Å². The van der Waals surface area contributed by atoms with Crippen LogP contribution >= 0.6 is 0 Å². The first-order valence-corrected chi connectivity index (χ1v) is 7.58. The lowest BCUT2D eigenvalue weighted by Crippen LogP contribution is -2.30. The van der Waals surface area contributed by atoms with Gasteiger partial charge in [0.25, 0.3) is 0 Å². The van der Waals surface area contributed by atoms with Crippen LogP contribution in [0.2, 0.25) is 0 Å². The lowest BCUT2D eigenvalue weighted by molar-refractivity contribution is -0.115. The van der Waals surface area contributed by atoms with Crippen molar-refractivity contribution in [3.05, 3.63) is 36.4 Å². The van der Waals surface area contributed by atoms with Crippen molar-refractivity contribution in [2.24, 2.45) is 0 Å². The number of rotatable bonds is 7. The van der Waals surface area contributed by atoms with Gasteiger partial charge in [-0.15, -0.1) is 10.2 Å². The van der Waals surface area contributed by atoms with E-state index in [0.29, 0.717) is 12.5 Å². The fraction of sp³-hybridized carbons (Fsp3) is 0.333. The summed E-state index contributed by atoms with van der Waals surface area (Å²) in [6, 6.07) is 7.64. The molecule has 0 saturated heterocycles. The van der Waals surface area contributed by atoms with Crippen LogP contribution in [0.5, 0.6) is 0 Å². The second kappa shape index (κ2) is 7.01. The normalized spacial score (nSPS) is 11.0. The number of benzene rings is 1. The highest BCUT2D eigenvalue weighted by molar-refractivity contribution is 5.92. The smallest absolute Gasteiger partial charge is 0.240 e. The van der Waals surface area contributed by atoms with Crippen LogP contribution < -0.4 is 10.6 Å². The van der Waals surface area contributed by atoms with Crippen LogP contribution in [0.15, 0.2) is 30.6 Å². The number of carbonyl (C=O) groups excluding carboxylic acids is 1. The summed E-state index contributed by atoms with van der Waals surface area (Å²) in [6.07, 6.45) is 2.44. The molecule has 2 heterocycles. The lowest BCUT2D eigenvalue weighted by atomic mass is 10.3. The molecule has 0 aliphatic carbocycles. The summed E-state index contributed by atoms with van der Waals surface area (Å²) in [5.41, 5.74) is 1.73. The number of aryl methyl sites for hydroxylation is 1. The number of H-pyrrole nitrogens is 1. The Morgan fingerprint density at radius 2 is 2.22 bits per heavy atom. The molecule has 3 aromatic rings. The predicted molar refractivity (Wildman–Crippen MR) is 87.0 cm³/mol. The number of para-hydroxylation sites is 2. The Hall–Kier alpha value is -2.74. The van der Waals surface area contributed by atoms with Gasteiger partial charge in [0.05, 0.1) is 17.6 Å². The minimum Gasteiger partial charge on any atom is -0.324 e. The first-order valence-electron chi connectivity index (χ1n) is 7.58. The number of nitrogens with one attached hydrogen (secondary N) is 3. The van der Waals surface area contributed by atoms with Gasteiger partial charge in [0, 0.05) is 19.5 Å². The van der Waals surface area contributed by atoms with Crippen LogP contribution in [0.3, 0.4) is 0 Å². The molecule has 3 rings (SSSR count). The highest BCUT2D eigenvalue weighted by Crippen LogP contribution is 2.12.